The lowest BCUT2D eigenvalue weighted by atomic mass is 10.1. The average molecular weight is 558 g/mol. The highest BCUT2D eigenvalue weighted by molar-refractivity contribution is 8.18. The van der Waals surface area contributed by atoms with Crippen molar-refractivity contribution < 1.29 is 23.8 Å². The molecule has 0 saturated carbocycles. The Labute approximate surface area is 238 Å². The summed E-state index contributed by atoms with van der Waals surface area (Å²) in [5.74, 6) is 0.251. The number of hydrogen-bond acceptors (Lipinski definition) is 8. The normalized spacial score (nSPS) is 17.5. The van der Waals surface area contributed by atoms with Crippen molar-refractivity contribution in [2.45, 2.75) is 13.5 Å². The molecular formula is C31H31N3O5S. The Balaban J connectivity index is 1.26. The number of thioether (sulfide) groups is 1. The number of benzene rings is 3. The average Bonchev–Trinajstić information content (AvgIpc) is 3.29. The number of likely N-dealkylation sites (N-methyl/N-ethyl adjacent to an activating group) is 1. The van der Waals surface area contributed by atoms with Crippen LogP contribution in [-0.4, -0.2) is 61.9 Å². The van der Waals surface area contributed by atoms with Crippen molar-refractivity contribution in [1.29, 1.82) is 0 Å². The van der Waals surface area contributed by atoms with Crippen molar-refractivity contribution in [3.63, 3.8) is 0 Å². The summed E-state index contributed by atoms with van der Waals surface area (Å²) in [5.41, 5.74) is 4.24. The minimum absolute atomic E-state index is 0.0618. The van der Waals surface area contributed by atoms with E-state index in [1.165, 1.54) is 18.9 Å². The maximum atomic E-state index is 13.2. The van der Waals surface area contributed by atoms with Crippen LogP contribution in [0.5, 0.6) is 5.75 Å². The quantitative estimate of drug-likeness (QED) is 0.267. The molecular weight excluding hydrogens is 526 g/mol. The summed E-state index contributed by atoms with van der Waals surface area (Å²) in [6.45, 7) is 6.07. The van der Waals surface area contributed by atoms with E-state index in [-0.39, 0.29) is 11.9 Å². The van der Waals surface area contributed by atoms with Crippen molar-refractivity contribution in [2.24, 2.45) is 4.99 Å². The highest BCUT2D eigenvalue weighted by Gasteiger charge is 2.32. The van der Waals surface area contributed by atoms with Gasteiger partial charge in [-0.15, -0.1) is 0 Å². The molecule has 1 amide bonds. The van der Waals surface area contributed by atoms with Gasteiger partial charge >= 0.3 is 5.97 Å². The van der Waals surface area contributed by atoms with Gasteiger partial charge < -0.3 is 19.1 Å². The second kappa shape index (κ2) is 12.8. The SMILES string of the molecule is CCN1C(=O)C(=Cc2cccc(OCc3ccc(C(=O)OC)cc3)c2)SC1=Nc1ccc(N2CCOCC2)cc1. The van der Waals surface area contributed by atoms with E-state index in [2.05, 4.69) is 17.0 Å². The molecule has 2 aliphatic rings. The van der Waals surface area contributed by atoms with E-state index in [1.807, 2.05) is 61.5 Å². The summed E-state index contributed by atoms with van der Waals surface area (Å²) < 4.78 is 16.1. The molecule has 0 spiro atoms. The summed E-state index contributed by atoms with van der Waals surface area (Å²) in [7, 11) is 1.36. The Morgan fingerprint density at radius 2 is 1.80 bits per heavy atom. The lowest BCUT2D eigenvalue weighted by molar-refractivity contribution is -0.122. The number of amidine groups is 1. The number of carbonyl (C=O) groups is 2. The van der Waals surface area contributed by atoms with Gasteiger partial charge in [-0.3, -0.25) is 9.69 Å². The number of esters is 1. The van der Waals surface area contributed by atoms with Crippen LogP contribution >= 0.6 is 11.8 Å². The van der Waals surface area contributed by atoms with Gasteiger partial charge in [0, 0.05) is 25.3 Å². The molecule has 9 heteroatoms. The van der Waals surface area contributed by atoms with Crippen LogP contribution in [0, 0.1) is 0 Å². The van der Waals surface area contributed by atoms with E-state index in [4.69, 9.17) is 19.2 Å². The number of nitrogens with zero attached hydrogens (tertiary/aromatic N) is 3. The molecule has 0 unspecified atom stereocenters. The molecule has 2 aliphatic heterocycles. The van der Waals surface area contributed by atoms with E-state index < -0.39 is 0 Å². The zero-order chi connectivity index (χ0) is 27.9. The first kappa shape index (κ1) is 27.5. The van der Waals surface area contributed by atoms with E-state index >= 15 is 0 Å². The van der Waals surface area contributed by atoms with Crippen LogP contribution in [-0.2, 0) is 20.9 Å². The number of methoxy groups -OCH3 is 1. The molecule has 3 aromatic carbocycles. The Hall–Kier alpha value is -4.08. The van der Waals surface area contributed by atoms with E-state index in [1.54, 1.807) is 17.0 Å². The number of carbonyl (C=O) groups excluding carboxylic acids is 2. The molecule has 40 heavy (non-hydrogen) atoms. The summed E-state index contributed by atoms with van der Waals surface area (Å²) in [6.07, 6.45) is 1.87. The van der Waals surface area contributed by atoms with Crippen molar-refractivity contribution in [3.8, 4) is 5.75 Å². The standard InChI is InChI=1S/C31H31N3O5S/c1-3-34-29(35)28(40-31(34)32-25-11-13-26(14-12-25)33-15-17-38-18-16-33)20-23-5-4-6-27(19-23)39-21-22-7-9-24(10-8-22)30(36)37-2/h4-14,19-20H,3,15-18,21H2,1-2H3. The first-order valence-corrected chi connectivity index (χ1v) is 14.0. The van der Waals surface area contributed by atoms with Crippen LogP contribution in [0.3, 0.4) is 0 Å². The molecule has 5 rings (SSSR count). The number of amides is 1. The summed E-state index contributed by atoms with van der Waals surface area (Å²) in [5, 5.41) is 0.667. The predicted octanol–water partition coefficient (Wildman–Crippen LogP) is 5.51. The second-order valence-electron chi connectivity index (χ2n) is 9.22. The first-order chi connectivity index (χ1) is 19.5. The van der Waals surface area contributed by atoms with Gasteiger partial charge in [0.15, 0.2) is 5.17 Å². The highest BCUT2D eigenvalue weighted by atomic mass is 32.2. The minimum Gasteiger partial charge on any atom is -0.489 e. The molecule has 2 heterocycles. The van der Waals surface area contributed by atoms with E-state index in [9.17, 15) is 9.59 Å². The fourth-order valence-electron chi connectivity index (χ4n) is 4.41. The topological polar surface area (TPSA) is 80.7 Å². The maximum Gasteiger partial charge on any atom is 0.337 e. The Morgan fingerprint density at radius 3 is 2.50 bits per heavy atom. The van der Waals surface area contributed by atoms with E-state index in [0.717, 1.165) is 48.8 Å². The van der Waals surface area contributed by atoms with Crippen LogP contribution < -0.4 is 9.64 Å². The number of anilines is 1. The Morgan fingerprint density at radius 1 is 1.05 bits per heavy atom. The fraction of sp³-hybridized carbons (Fsp3) is 0.258. The molecule has 0 aromatic heterocycles. The maximum absolute atomic E-state index is 13.2. The minimum atomic E-state index is -0.371. The van der Waals surface area contributed by atoms with Gasteiger partial charge in [-0.05, 0) is 84.4 Å². The van der Waals surface area contributed by atoms with Crippen molar-refractivity contribution in [2.75, 3.05) is 44.9 Å². The third-order valence-electron chi connectivity index (χ3n) is 6.59. The molecule has 0 N–H and O–H groups in total. The lowest BCUT2D eigenvalue weighted by Gasteiger charge is -2.28. The van der Waals surface area contributed by atoms with Crippen LogP contribution in [0.2, 0.25) is 0 Å². The van der Waals surface area contributed by atoms with Crippen molar-refractivity contribution >= 4 is 46.3 Å². The lowest BCUT2D eigenvalue weighted by Crippen LogP contribution is -2.36. The molecule has 8 nitrogen and oxygen atoms in total. The monoisotopic (exact) mass is 557 g/mol. The van der Waals surface area contributed by atoms with Gasteiger partial charge in [0.05, 0.1) is 36.5 Å². The first-order valence-electron chi connectivity index (χ1n) is 13.2. The third kappa shape index (κ3) is 6.55. The molecule has 0 atom stereocenters. The van der Waals surface area contributed by atoms with Crippen molar-refractivity contribution in [3.05, 3.63) is 94.4 Å². The van der Waals surface area contributed by atoms with Crippen LogP contribution in [0.15, 0.2) is 82.7 Å². The van der Waals surface area contributed by atoms with Gasteiger partial charge in [-0.25, -0.2) is 9.79 Å². The van der Waals surface area contributed by atoms with Crippen molar-refractivity contribution in [1.82, 2.24) is 4.90 Å². The number of hydrogen-bond donors (Lipinski definition) is 0. The Bertz CT molecular complexity index is 1410. The summed E-state index contributed by atoms with van der Waals surface area (Å²) >= 11 is 1.38. The van der Waals surface area contributed by atoms with Gasteiger partial charge in [0.2, 0.25) is 0 Å². The van der Waals surface area contributed by atoms with Gasteiger partial charge in [0.25, 0.3) is 5.91 Å². The molecule has 206 valence electrons. The van der Waals surface area contributed by atoms with Crippen LogP contribution in [0.4, 0.5) is 11.4 Å². The second-order valence-corrected chi connectivity index (χ2v) is 10.2. The van der Waals surface area contributed by atoms with Crippen LogP contribution in [0.25, 0.3) is 6.08 Å². The molecule has 2 fully saturated rings. The molecule has 0 radical (unpaired) electrons. The van der Waals surface area contributed by atoms with Crippen LogP contribution in [0.1, 0.15) is 28.4 Å². The van der Waals surface area contributed by atoms with E-state index in [0.29, 0.717) is 34.5 Å². The zero-order valence-electron chi connectivity index (χ0n) is 22.5. The molecule has 0 aliphatic carbocycles. The number of rotatable bonds is 8. The summed E-state index contributed by atoms with van der Waals surface area (Å²) in [6, 6.07) is 22.8. The summed E-state index contributed by atoms with van der Waals surface area (Å²) in [4.78, 5) is 34.2. The number of ether oxygens (including phenoxy) is 3. The third-order valence-corrected chi connectivity index (χ3v) is 7.60. The predicted molar refractivity (Wildman–Crippen MR) is 158 cm³/mol. The molecule has 0 bridgehead atoms. The van der Waals surface area contributed by atoms with Gasteiger partial charge in [0.1, 0.15) is 12.4 Å². The zero-order valence-corrected chi connectivity index (χ0v) is 23.4. The highest BCUT2D eigenvalue weighted by Crippen LogP contribution is 2.34. The molecule has 3 aromatic rings. The Kier molecular flexibility index (Phi) is 8.83. The molecule has 2 saturated heterocycles. The number of morpholine rings is 1. The largest absolute Gasteiger partial charge is 0.489 e. The number of aliphatic imine (C=N–C) groups is 1. The smallest absolute Gasteiger partial charge is 0.337 e. The van der Waals surface area contributed by atoms with Gasteiger partial charge in [-0.1, -0.05) is 24.3 Å². The van der Waals surface area contributed by atoms with Gasteiger partial charge in [-0.2, -0.15) is 0 Å². The fourth-order valence-corrected chi connectivity index (χ4v) is 5.47.